The minimum absolute atomic E-state index is 0.0700. The minimum Gasteiger partial charge on any atom is -0.493 e. The number of nitrogens with zero attached hydrogens (tertiary/aromatic N) is 7. The molecular formula is C51H63N7O7S2. The van der Waals surface area contributed by atoms with Gasteiger partial charge in [-0.2, -0.15) is 0 Å². The molecule has 2 atom stereocenters. The number of aliphatic imine (C=N–C) groups is 2. The van der Waals surface area contributed by atoms with Crippen molar-refractivity contribution in [3.8, 4) is 23.0 Å². The quantitative estimate of drug-likeness (QED) is 0.0950. The molecule has 3 fully saturated rings. The summed E-state index contributed by atoms with van der Waals surface area (Å²) in [6, 6.07) is 10.9. The molecule has 3 saturated heterocycles. The zero-order valence-corrected chi connectivity index (χ0v) is 41.5. The van der Waals surface area contributed by atoms with Crippen LogP contribution in [0.15, 0.2) is 69.7 Å². The standard InChI is InChI=1S/C51H63N7O7S2/c1-8-33-21-38-27-52-42-25-46(44(62-5)23-40(42)49(60)57(38)29-33)64-31-36-19-35(11-10-14-55-15-17-56(18-16-55)48(59)12-13-51(3,4)67-66-7)20-37(54-36)32-65-47-26-43-41(24-45(47)63-6)50(61)58-30-34(9-2)22-39(58)28-53-43/h8-9,19-20,23-28,38-39H,10-18,21-22,29-32H2,1-7H3/b33-8+,34-9+/t38-,39?/m0/s1. The molecule has 0 spiro atoms. The zero-order chi connectivity index (χ0) is 47.2. The molecule has 0 saturated carbocycles. The lowest BCUT2D eigenvalue weighted by atomic mass is 10.1. The van der Waals surface area contributed by atoms with Crippen LogP contribution in [0.25, 0.3) is 0 Å². The lowest BCUT2D eigenvalue weighted by Gasteiger charge is -2.35. The second-order valence-electron chi connectivity index (χ2n) is 18.3. The Morgan fingerprint density at radius 3 is 1.76 bits per heavy atom. The highest BCUT2D eigenvalue weighted by atomic mass is 33.1. The summed E-state index contributed by atoms with van der Waals surface area (Å²) in [5.74, 6) is 1.87. The fourth-order valence-corrected chi connectivity index (χ4v) is 11.6. The van der Waals surface area contributed by atoms with E-state index in [1.54, 1.807) is 49.3 Å². The van der Waals surface area contributed by atoms with Gasteiger partial charge in [-0.15, -0.1) is 0 Å². The molecule has 3 amide bonds. The molecule has 5 aliphatic heterocycles. The van der Waals surface area contributed by atoms with Crippen LogP contribution in [-0.4, -0.2) is 138 Å². The average Bonchev–Trinajstić information content (AvgIpc) is 3.91. The van der Waals surface area contributed by atoms with Crippen molar-refractivity contribution in [2.24, 2.45) is 9.98 Å². The number of carbonyl (C=O) groups excluding carboxylic acids is 3. The molecule has 0 bridgehead atoms. The SMILES string of the molecule is C/C=C1\CC2C=Nc3cc(OCc4cc(CCCN5CCN(C(=O)CCC(C)(C)SSC)CC5)cc(COc5cc6c(cc5OC)C(=O)N5C/C(=C/C)C[C@H]5C=N6)n4)c(OC)cc3C(=O)N2C1. The molecule has 0 aliphatic carbocycles. The Morgan fingerprint density at radius 2 is 1.28 bits per heavy atom. The molecule has 0 radical (unpaired) electrons. The number of carbonyl (C=O) groups is 3. The smallest absolute Gasteiger partial charge is 0.257 e. The van der Waals surface area contributed by atoms with Gasteiger partial charge in [-0.25, -0.2) is 0 Å². The fraction of sp³-hybridized carbons (Fsp3) is 0.490. The van der Waals surface area contributed by atoms with E-state index in [1.165, 1.54) is 11.1 Å². The number of rotatable bonds is 17. The zero-order valence-electron chi connectivity index (χ0n) is 39.8. The summed E-state index contributed by atoms with van der Waals surface area (Å²) in [4.78, 5) is 63.2. The van der Waals surface area contributed by atoms with Crippen LogP contribution >= 0.6 is 21.6 Å². The van der Waals surface area contributed by atoms with Gasteiger partial charge in [-0.05, 0) is 102 Å². The highest BCUT2D eigenvalue weighted by Gasteiger charge is 2.36. The van der Waals surface area contributed by atoms with Gasteiger partial charge in [0.1, 0.15) is 13.2 Å². The van der Waals surface area contributed by atoms with Gasteiger partial charge in [-0.3, -0.25) is 34.3 Å². The molecule has 356 valence electrons. The van der Waals surface area contributed by atoms with Crippen molar-refractivity contribution in [3.63, 3.8) is 0 Å². The van der Waals surface area contributed by atoms with E-state index < -0.39 is 0 Å². The van der Waals surface area contributed by atoms with Gasteiger partial charge >= 0.3 is 0 Å². The lowest BCUT2D eigenvalue weighted by Crippen LogP contribution is -2.49. The van der Waals surface area contributed by atoms with Crippen molar-refractivity contribution in [2.75, 3.05) is 66.3 Å². The molecule has 3 aromatic rings. The number of piperazine rings is 1. The predicted octanol–water partition coefficient (Wildman–Crippen LogP) is 8.66. The highest BCUT2D eigenvalue weighted by molar-refractivity contribution is 8.76. The van der Waals surface area contributed by atoms with Crippen molar-refractivity contribution in [3.05, 3.63) is 87.8 Å². The van der Waals surface area contributed by atoms with E-state index in [9.17, 15) is 14.4 Å². The van der Waals surface area contributed by atoms with E-state index in [0.717, 1.165) is 70.4 Å². The number of methoxy groups -OCH3 is 2. The van der Waals surface area contributed by atoms with E-state index in [2.05, 4.69) is 49.3 Å². The Kier molecular flexibility index (Phi) is 15.3. The molecule has 67 heavy (non-hydrogen) atoms. The van der Waals surface area contributed by atoms with Gasteiger partial charge in [-0.1, -0.05) is 44.9 Å². The third-order valence-electron chi connectivity index (χ3n) is 13.3. The number of aryl methyl sites for hydroxylation is 1. The van der Waals surface area contributed by atoms with E-state index in [4.69, 9.17) is 33.9 Å². The molecule has 6 heterocycles. The number of pyridine rings is 1. The first kappa shape index (κ1) is 48.1. The van der Waals surface area contributed by atoms with Crippen LogP contribution in [-0.2, 0) is 24.4 Å². The second-order valence-corrected chi connectivity index (χ2v) is 21.4. The van der Waals surface area contributed by atoms with Crippen molar-refractivity contribution in [1.29, 1.82) is 0 Å². The van der Waals surface area contributed by atoms with Crippen LogP contribution in [0, 0.1) is 0 Å². The van der Waals surface area contributed by atoms with Gasteiger partial charge in [0, 0.05) is 75.0 Å². The van der Waals surface area contributed by atoms with Gasteiger partial charge in [0.2, 0.25) is 5.91 Å². The summed E-state index contributed by atoms with van der Waals surface area (Å²) in [7, 11) is 6.71. The Bertz CT molecular complexity index is 2340. The number of allylic oxidation sites excluding steroid dienone is 2. The molecule has 5 aliphatic rings. The van der Waals surface area contributed by atoms with Crippen LogP contribution in [0.2, 0.25) is 0 Å². The molecular weight excluding hydrogens is 887 g/mol. The summed E-state index contributed by atoms with van der Waals surface area (Å²) >= 11 is 0. The Labute approximate surface area is 402 Å². The molecule has 14 nitrogen and oxygen atoms in total. The molecule has 2 aromatic carbocycles. The number of amides is 3. The number of fused-ring (bicyclic) bond motifs is 4. The second kappa shape index (κ2) is 21.3. The number of hydrogen-bond donors (Lipinski definition) is 0. The predicted molar refractivity (Wildman–Crippen MR) is 267 cm³/mol. The van der Waals surface area contributed by atoms with E-state index in [1.807, 2.05) is 51.8 Å². The Balaban J connectivity index is 0.975. The summed E-state index contributed by atoms with van der Waals surface area (Å²) in [5, 5.41) is 0. The molecule has 16 heteroatoms. The van der Waals surface area contributed by atoms with Crippen molar-refractivity contribution in [2.45, 2.75) is 96.3 Å². The van der Waals surface area contributed by atoms with Gasteiger partial charge in [0.05, 0.1) is 60.2 Å². The lowest BCUT2D eigenvalue weighted by molar-refractivity contribution is -0.133. The maximum Gasteiger partial charge on any atom is 0.257 e. The van der Waals surface area contributed by atoms with Crippen molar-refractivity contribution < 1.29 is 33.3 Å². The average molecular weight is 950 g/mol. The van der Waals surface area contributed by atoms with Crippen LogP contribution in [0.3, 0.4) is 0 Å². The van der Waals surface area contributed by atoms with Gasteiger partial charge in [0.25, 0.3) is 11.8 Å². The van der Waals surface area contributed by atoms with Gasteiger partial charge in [0.15, 0.2) is 23.0 Å². The third kappa shape index (κ3) is 11.2. The number of ether oxygens (including phenoxy) is 4. The minimum atomic E-state index is -0.0927. The summed E-state index contributed by atoms with van der Waals surface area (Å²) < 4.78 is 24.5. The van der Waals surface area contributed by atoms with E-state index >= 15 is 0 Å². The molecule has 0 N–H and O–H groups in total. The number of hydrogen-bond acceptors (Lipinski definition) is 13. The van der Waals surface area contributed by atoms with Crippen LogP contribution in [0.1, 0.15) is 97.5 Å². The molecule has 8 rings (SSSR count). The maximum atomic E-state index is 13.7. The number of benzene rings is 2. The summed E-state index contributed by atoms with van der Waals surface area (Å²) in [6.45, 7) is 13.9. The maximum absolute atomic E-state index is 13.7. The van der Waals surface area contributed by atoms with Crippen LogP contribution in [0.5, 0.6) is 23.0 Å². The Morgan fingerprint density at radius 1 is 0.761 bits per heavy atom. The number of aromatic nitrogens is 1. The largest absolute Gasteiger partial charge is 0.493 e. The fourth-order valence-electron chi connectivity index (χ4n) is 9.40. The first-order chi connectivity index (χ1) is 32.4. The van der Waals surface area contributed by atoms with Crippen molar-refractivity contribution >= 4 is 63.1 Å². The summed E-state index contributed by atoms with van der Waals surface area (Å²) in [6.07, 6.45) is 14.6. The van der Waals surface area contributed by atoms with Crippen LogP contribution in [0.4, 0.5) is 11.4 Å². The van der Waals surface area contributed by atoms with E-state index in [0.29, 0.717) is 76.4 Å². The normalized spacial score (nSPS) is 20.4. The topological polar surface area (TPSA) is 139 Å². The third-order valence-corrected chi connectivity index (χ3v) is 16.0. The first-order valence-corrected chi connectivity index (χ1v) is 25.8. The van der Waals surface area contributed by atoms with Crippen LogP contribution < -0.4 is 18.9 Å². The highest BCUT2D eigenvalue weighted by Crippen LogP contribution is 2.41. The monoisotopic (exact) mass is 949 g/mol. The molecule has 1 aromatic heterocycles. The summed E-state index contributed by atoms with van der Waals surface area (Å²) in [5.41, 5.74) is 6.94. The molecule has 1 unspecified atom stereocenters. The van der Waals surface area contributed by atoms with E-state index in [-0.39, 0.29) is 47.8 Å². The van der Waals surface area contributed by atoms with Crippen molar-refractivity contribution in [1.82, 2.24) is 24.6 Å². The van der Waals surface area contributed by atoms with Gasteiger partial charge < -0.3 is 33.6 Å². The first-order valence-electron chi connectivity index (χ1n) is 23.3. The Hall–Kier alpha value is -5.32.